The number of carbonyl (C=O) groups excluding carboxylic acids is 1. The van der Waals surface area contributed by atoms with Crippen molar-refractivity contribution in [3.05, 3.63) is 129 Å². The van der Waals surface area contributed by atoms with Gasteiger partial charge in [-0.2, -0.15) is 0 Å². The lowest BCUT2D eigenvalue weighted by atomic mass is 9.90. The zero-order valence-corrected chi connectivity index (χ0v) is 28.4. The first kappa shape index (κ1) is 33.6. The lowest BCUT2D eigenvalue weighted by molar-refractivity contribution is 0.0917. The van der Waals surface area contributed by atoms with Gasteiger partial charge in [0, 0.05) is 37.1 Å². The van der Waals surface area contributed by atoms with Gasteiger partial charge in [0.15, 0.2) is 5.65 Å². The molecular weight excluding hydrogens is 666 g/mol. The van der Waals surface area contributed by atoms with Crippen LogP contribution in [0.5, 0.6) is 0 Å². The molecule has 0 radical (unpaired) electrons. The van der Waals surface area contributed by atoms with Crippen LogP contribution in [0.1, 0.15) is 60.6 Å². The predicted octanol–water partition coefficient (Wildman–Crippen LogP) is 4.90. The Balaban J connectivity index is 1.04. The second-order valence-corrected chi connectivity index (χ2v) is 13.7. The van der Waals surface area contributed by atoms with E-state index in [9.17, 15) is 23.2 Å². The average Bonchev–Trinajstić information content (AvgIpc) is 3.59. The molecule has 13 heteroatoms. The minimum absolute atomic E-state index is 0.00862. The Morgan fingerprint density at radius 1 is 0.846 bits per heavy atom. The van der Waals surface area contributed by atoms with E-state index in [4.69, 9.17) is 0 Å². The summed E-state index contributed by atoms with van der Waals surface area (Å²) in [5, 5.41) is 10.0. The summed E-state index contributed by atoms with van der Waals surface area (Å²) in [6, 6.07) is 19.5. The minimum atomic E-state index is -0.675. The van der Waals surface area contributed by atoms with Crippen molar-refractivity contribution in [2.24, 2.45) is 0 Å². The number of rotatable bonds is 8. The second kappa shape index (κ2) is 14.2. The molecule has 2 aliphatic rings. The van der Waals surface area contributed by atoms with Crippen molar-refractivity contribution in [1.29, 1.82) is 0 Å². The van der Waals surface area contributed by atoms with Crippen LogP contribution in [0.2, 0.25) is 0 Å². The van der Waals surface area contributed by atoms with E-state index in [0.717, 1.165) is 55.9 Å². The zero-order chi connectivity index (χ0) is 35.8. The number of amides is 1. The van der Waals surface area contributed by atoms with Crippen LogP contribution in [0.15, 0.2) is 94.9 Å². The van der Waals surface area contributed by atoms with E-state index in [0.29, 0.717) is 43.1 Å². The first-order chi connectivity index (χ1) is 25.3. The Morgan fingerprint density at radius 3 is 2.42 bits per heavy atom. The fourth-order valence-corrected chi connectivity index (χ4v) is 7.48. The number of pyridine rings is 2. The summed E-state index contributed by atoms with van der Waals surface area (Å²) >= 11 is 0. The number of benzene rings is 2. The second-order valence-electron chi connectivity index (χ2n) is 13.7. The van der Waals surface area contributed by atoms with Crippen molar-refractivity contribution >= 4 is 22.6 Å². The molecule has 266 valence electrons. The van der Waals surface area contributed by atoms with Gasteiger partial charge in [-0.3, -0.25) is 14.2 Å². The number of hydrogen-bond donors (Lipinski definition) is 3. The first-order valence-electron chi connectivity index (χ1n) is 17.7. The van der Waals surface area contributed by atoms with E-state index in [1.807, 2.05) is 18.2 Å². The Kier molecular flexibility index (Phi) is 9.20. The van der Waals surface area contributed by atoms with E-state index < -0.39 is 28.9 Å². The van der Waals surface area contributed by atoms with Crippen LogP contribution in [-0.2, 0) is 6.54 Å². The summed E-state index contributed by atoms with van der Waals surface area (Å²) < 4.78 is 32.2. The molecule has 0 spiro atoms. The molecule has 2 fully saturated rings. The number of nitrogens with zero attached hydrogens (tertiary/aromatic N) is 5. The van der Waals surface area contributed by atoms with Gasteiger partial charge in [-0.1, -0.05) is 36.4 Å². The fourth-order valence-electron chi connectivity index (χ4n) is 7.48. The van der Waals surface area contributed by atoms with Crippen LogP contribution in [0.25, 0.3) is 33.5 Å². The maximum Gasteiger partial charge on any atom is 0.337 e. The molecule has 1 amide bonds. The first-order valence-corrected chi connectivity index (χ1v) is 17.7. The average molecular weight is 705 g/mol. The maximum absolute atomic E-state index is 14.5. The van der Waals surface area contributed by atoms with Gasteiger partial charge >= 0.3 is 5.69 Å². The number of fused-ring (bicyclic) bond motifs is 2. The maximum atomic E-state index is 14.5. The van der Waals surface area contributed by atoms with E-state index in [1.54, 1.807) is 6.07 Å². The molecule has 2 aromatic carbocycles. The predicted molar refractivity (Wildman–Crippen MR) is 194 cm³/mol. The Bertz CT molecular complexity index is 2390. The van der Waals surface area contributed by atoms with E-state index in [1.165, 1.54) is 43.6 Å². The number of hydrogen-bond acceptors (Lipinski definition) is 7. The molecule has 1 aliphatic carbocycles. The van der Waals surface area contributed by atoms with Gasteiger partial charge in [-0.15, -0.1) is 0 Å². The summed E-state index contributed by atoms with van der Waals surface area (Å²) in [5.41, 5.74) is 3.07. The third-order valence-corrected chi connectivity index (χ3v) is 10.3. The summed E-state index contributed by atoms with van der Waals surface area (Å²) in [6.45, 7) is 2.85. The van der Waals surface area contributed by atoms with Gasteiger partial charge in [0.25, 0.3) is 11.5 Å². The molecule has 11 nitrogen and oxygen atoms in total. The van der Waals surface area contributed by atoms with Crippen LogP contribution in [0.3, 0.4) is 0 Å². The molecule has 0 bridgehead atoms. The van der Waals surface area contributed by atoms with Crippen LogP contribution < -0.4 is 27.2 Å². The topological polar surface area (TPSA) is 127 Å². The Hall–Kier alpha value is -5.53. The summed E-state index contributed by atoms with van der Waals surface area (Å²) in [4.78, 5) is 49.7. The van der Waals surface area contributed by atoms with Gasteiger partial charge in [0.1, 0.15) is 23.0 Å². The summed E-state index contributed by atoms with van der Waals surface area (Å²) in [5.74, 6) is -1.50. The van der Waals surface area contributed by atoms with Crippen LogP contribution >= 0.6 is 0 Å². The molecule has 5 heterocycles. The van der Waals surface area contributed by atoms with Crippen molar-refractivity contribution < 1.29 is 13.6 Å². The molecule has 6 aromatic rings. The van der Waals surface area contributed by atoms with Crippen molar-refractivity contribution in [2.45, 2.75) is 63.2 Å². The lowest BCUT2D eigenvalue weighted by Gasteiger charge is -2.30. The molecule has 0 unspecified atom stereocenters. The van der Waals surface area contributed by atoms with Crippen molar-refractivity contribution in [3.8, 4) is 16.8 Å². The quantitative estimate of drug-likeness (QED) is 0.206. The van der Waals surface area contributed by atoms with Crippen LogP contribution in [0, 0.1) is 11.6 Å². The van der Waals surface area contributed by atoms with Crippen molar-refractivity contribution in [3.63, 3.8) is 0 Å². The fraction of sp³-hybridized carbons (Fsp3) is 0.308. The highest BCUT2D eigenvalue weighted by Gasteiger charge is 2.29. The van der Waals surface area contributed by atoms with Crippen LogP contribution in [0.4, 0.5) is 8.78 Å². The summed E-state index contributed by atoms with van der Waals surface area (Å²) in [7, 11) is 0. The molecule has 1 aliphatic heterocycles. The third-order valence-electron chi connectivity index (χ3n) is 10.3. The van der Waals surface area contributed by atoms with Gasteiger partial charge in [0.2, 0.25) is 0 Å². The minimum Gasteiger partial charge on any atom is -0.348 e. The Labute approximate surface area is 297 Å². The number of carbonyl (C=O) groups is 1. The van der Waals surface area contributed by atoms with Crippen molar-refractivity contribution in [1.82, 2.24) is 39.5 Å². The number of halogens is 2. The van der Waals surface area contributed by atoms with E-state index >= 15 is 0 Å². The van der Waals surface area contributed by atoms with Crippen molar-refractivity contribution in [2.75, 3.05) is 13.1 Å². The van der Waals surface area contributed by atoms with Gasteiger partial charge in [-0.05, 0) is 98.6 Å². The number of imidazole rings is 1. The number of piperidine rings is 1. The largest absolute Gasteiger partial charge is 0.348 e. The van der Waals surface area contributed by atoms with Gasteiger partial charge in [-0.25, -0.2) is 28.1 Å². The molecule has 1 saturated heterocycles. The van der Waals surface area contributed by atoms with Gasteiger partial charge < -0.3 is 20.4 Å². The molecule has 1 saturated carbocycles. The summed E-state index contributed by atoms with van der Waals surface area (Å²) in [6.07, 6.45) is 7.84. The molecular formula is C39H38F2N8O3. The Morgan fingerprint density at radius 2 is 1.63 bits per heavy atom. The van der Waals surface area contributed by atoms with E-state index in [-0.39, 0.29) is 28.7 Å². The molecule has 4 aromatic heterocycles. The third kappa shape index (κ3) is 6.76. The molecule has 8 rings (SSSR count). The standard InChI is InChI=1S/C39H38F2N8O3/c40-27-8-13-35-46-34(23-47(35)22-27)37(50)45-30-9-11-31(12-10-30)49-38(51)33-19-28(41)21-44-36(33)48(39(49)52)32-3-1-2-26(18-32)25-6-4-24(5-7-25)20-43-29-14-16-42-17-15-29/h1-8,13,18-19,21-23,29-31,42-43H,9-12,14-17,20H2,(H,45,50)/t30-,31+. The normalized spacial score (nSPS) is 18.2. The van der Waals surface area contributed by atoms with Crippen LogP contribution in [-0.4, -0.2) is 54.6 Å². The highest BCUT2D eigenvalue weighted by Crippen LogP contribution is 2.29. The molecule has 3 N–H and O–H groups in total. The molecule has 0 atom stereocenters. The number of aromatic nitrogens is 5. The highest BCUT2D eigenvalue weighted by atomic mass is 19.1. The molecule has 52 heavy (non-hydrogen) atoms. The SMILES string of the molecule is O=C(N[C@H]1CC[C@@H](n2c(=O)c3cc(F)cnc3n(-c3cccc(-c4ccc(CNC5CCNCC5)cc4)c3)c2=O)CC1)c1cn2cc(F)ccc2n1. The zero-order valence-electron chi connectivity index (χ0n) is 28.4. The smallest absolute Gasteiger partial charge is 0.337 e. The highest BCUT2D eigenvalue weighted by molar-refractivity contribution is 5.93. The van der Waals surface area contributed by atoms with Gasteiger partial charge in [0.05, 0.1) is 17.3 Å². The number of nitrogens with one attached hydrogen (secondary N) is 3. The lowest BCUT2D eigenvalue weighted by Crippen LogP contribution is -2.45. The van der Waals surface area contributed by atoms with E-state index in [2.05, 4.69) is 50.2 Å². The monoisotopic (exact) mass is 704 g/mol.